The summed E-state index contributed by atoms with van der Waals surface area (Å²) in [6, 6.07) is 13.2. The molecule has 2 unspecified atom stereocenters. The minimum Gasteiger partial charge on any atom is -0.469 e. The van der Waals surface area contributed by atoms with E-state index in [1.807, 2.05) is 56.3 Å². The van der Waals surface area contributed by atoms with Crippen LogP contribution >= 0.6 is 0 Å². The lowest BCUT2D eigenvalue weighted by Crippen LogP contribution is -2.43. The lowest BCUT2D eigenvalue weighted by atomic mass is 10.1. The maximum Gasteiger partial charge on any atom is 0.241 e. The van der Waals surface area contributed by atoms with E-state index >= 15 is 0 Å². The van der Waals surface area contributed by atoms with Crippen LogP contribution in [0.1, 0.15) is 19.6 Å². The van der Waals surface area contributed by atoms with Crippen molar-refractivity contribution in [3.63, 3.8) is 0 Å². The molecule has 20 heavy (non-hydrogen) atoms. The Morgan fingerprint density at radius 3 is 2.55 bits per heavy atom. The third kappa shape index (κ3) is 4.24. The number of benzene rings is 1. The van der Waals surface area contributed by atoms with E-state index in [-0.39, 0.29) is 18.0 Å². The maximum absolute atomic E-state index is 12.1. The molecule has 4 heteroatoms. The standard InChI is InChI=1S/C16H20N2O2/c1-12(11-15-9-6-10-20-15)17-13(2)16(19)18-14-7-4-3-5-8-14/h3-10,12-13,17H,11H2,1-2H3,(H,18,19). The Labute approximate surface area is 119 Å². The van der Waals surface area contributed by atoms with Crippen LogP contribution in [-0.4, -0.2) is 18.0 Å². The van der Waals surface area contributed by atoms with Crippen molar-refractivity contribution in [2.75, 3.05) is 5.32 Å². The van der Waals surface area contributed by atoms with Gasteiger partial charge in [-0.25, -0.2) is 0 Å². The summed E-state index contributed by atoms with van der Waals surface area (Å²) in [6.07, 6.45) is 2.42. The average Bonchev–Trinajstić information content (AvgIpc) is 2.92. The van der Waals surface area contributed by atoms with Gasteiger partial charge >= 0.3 is 0 Å². The van der Waals surface area contributed by atoms with Gasteiger partial charge in [0.2, 0.25) is 5.91 Å². The number of rotatable bonds is 6. The minimum atomic E-state index is -0.264. The van der Waals surface area contributed by atoms with E-state index in [4.69, 9.17) is 4.42 Å². The highest BCUT2D eigenvalue weighted by Gasteiger charge is 2.16. The number of anilines is 1. The molecule has 0 radical (unpaired) electrons. The summed E-state index contributed by atoms with van der Waals surface area (Å²) in [5.41, 5.74) is 0.810. The molecule has 0 saturated heterocycles. The molecular weight excluding hydrogens is 252 g/mol. The second-order valence-electron chi connectivity index (χ2n) is 4.93. The first-order chi connectivity index (χ1) is 9.65. The zero-order valence-corrected chi connectivity index (χ0v) is 11.8. The predicted molar refractivity (Wildman–Crippen MR) is 79.5 cm³/mol. The van der Waals surface area contributed by atoms with E-state index < -0.39 is 0 Å². The molecule has 4 nitrogen and oxygen atoms in total. The molecule has 1 heterocycles. The number of carbonyl (C=O) groups excluding carboxylic acids is 1. The second kappa shape index (κ2) is 6.91. The van der Waals surface area contributed by atoms with Crippen LogP contribution in [0.3, 0.4) is 0 Å². The number of carbonyl (C=O) groups is 1. The second-order valence-corrected chi connectivity index (χ2v) is 4.93. The molecule has 1 aromatic carbocycles. The van der Waals surface area contributed by atoms with Gasteiger partial charge in [0.05, 0.1) is 12.3 Å². The number of para-hydroxylation sites is 1. The Morgan fingerprint density at radius 2 is 1.90 bits per heavy atom. The van der Waals surface area contributed by atoms with Crippen molar-refractivity contribution >= 4 is 11.6 Å². The first kappa shape index (κ1) is 14.3. The summed E-state index contributed by atoms with van der Waals surface area (Å²) < 4.78 is 5.30. The normalized spacial score (nSPS) is 13.7. The lowest BCUT2D eigenvalue weighted by molar-refractivity contribution is -0.117. The van der Waals surface area contributed by atoms with Crippen molar-refractivity contribution in [3.05, 3.63) is 54.5 Å². The Morgan fingerprint density at radius 1 is 1.15 bits per heavy atom. The van der Waals surface area contributed by atoms with E-state index in [1.165, 1.54) is 0 Å². The predicted octanol–water partition coefficient (Wildman–Crippen LogP) is 2.83. The molecule has 1 amide bonds. The van der Waals surface area contributed by atoms with Crippen molar-refractivity contribution < 1.29 is 9.21 Å². The number of nitrogens with one attached hydrogen (secondary N) is 2. The highest BCUT2D eigenvalue weighted by atomic mass is 16.3. The van der Waals surface area contributed by atoms with Crippen LogP contribution in [0, 0.1) is 0 Å². The fraction of sp³-hybridized carbons (Fsp3) is 0.312. The van der Waals surface area contributed by atoms with Crippen molar-refractivity contribution in [3.8, 4) is 0 Å². The van der Waals surface area contributed by atoms with E-state index in [0.717, 1.165) is 17.9 Å². The molecule has 2 N–H and O–H groups in total. The SMILES string of the molecule is CC(Cc1ccco1)NC(C)C(=O)Nc1ccccc1. The van der Waals surface area contributed by atoms with Crippen molar-refractivity contribution in [1.82, 2.24) is 5.32 Å². The van der Waals surface area contributed by atoms with E-state index in [0.29, 0.717) is 0 Å². The Balaban J connectivity index is 1.81. The summed E-state index contributed by atoms with van der Waals surface area (Å²) >= 11 is 0. The van der Waals surface area contributed by atoms with Crippen LogP contribution in [0.4, 0.5) is 5.69 Å². The highest BCUT2D eigenvalue weighted by Crippen LogP contribution is 2.07. The first-order valence-electron chi connectivity index (χ1n) is 6.79. The van der Waals surface area contributed by atoms with Gasteiger partial charge in [-0.3, -0.25) is 4.79 Å². The Bertz CT molecular complexity index is 523. The van der Waals surface area contributed by atoms with Crippen molar-refractivity contribution in [2.24, 2.45) is 0 Å². The van der Waals surface area contributed by atoms with Crippen LogP contribution in [0.2, 0.25) is 0 Å². The number of hydrogen-bond acceptors (Lipinski definition) is 3. The minimum absolute atomic E-state index is 0.0394. The highest BCUT2D eigenvalue weighted by molar-refractivity contribution is 5.94. The van der Waals surface area contributed by atoms with Gasteiger partial charge in [0.25, 0.3) is 0 Å². The first-order valence-corrected chi connectivity index (χ1v) is 6.79. The molecule has 0 saturated carbocycles. The van der Waals surface area contributed by atoms with E-state index in [1.54, 1.807) is 6.26 Å². The van der Waals surface area contributed by atoms with Crippen LogP contribution in [0.25, 0.3) is 0 Å². The molecule has 0 aliphatic heterocycles. The van der Waals surface area contributed by atoms with Gasteiger partial charge in [0.15, 0.2) is 0 Å². The maximum atomic E-state index is 12.1. The zero-order chi connectivity index (χ0) is 14.4. The summed E-state index contributed by atoms with van der Waals surface area (Å²) in [5, 5.41) is 6.15. The quantitative estimate of drug-likeness (QED) is 0.850. The number of hydrogen-bond donors (Lipinski definition) is 2. The summed E-state index contributed by atoms with van der Waals surface area (Å²) in [4.78, 5) is 12.1. The van der Waals surface area contributed by atoms with Gasteiger partial charge in [0, 0.05) is 18.2 Å². The van der Waals surface area contributed by atoms with E-state index in [9.17, 15) is 4.79 Å². The monoisotopic (exact) mass is 272 g/mol. The molecule has 0 fully saturated rings. The topological polar surface area (TPSA) is 54.3 Å². The van der Waals surface area contributed by atoms with Crippen molar-refractivity contribution in [2.45, 2.75) is 32.4 Å². The van der Waals surface area contributed by atoms with Gasteiger partial charge in [-0.15, -0.1) is 0 Å². The van der Waals surface area contributed by atoms with Crippen LogP contribution in [-0.2, 0) is 11.2 Å². The van der Waals surface area contributed by atoms with Gasteiger partial charge in [0.1, 0.15) is 5.76 Å². The third-order valence-corrected chi connectivity index (χ3v) is 3.06. The van der Waals surface area contributed by atoms with Gasteiger partial charge in [-0.2, -0.15) is 0 Å². The fourth-order valence-corrected chi connectivity index (χ4v) is 2.06. The molecule has 0 spiro atoms. The molecule has 2 aromatic rings. The fourth-order valence-electron chi connectivity index (χ4n) is 2.06. The molecule has 2 rings (SSSR count). The Kier molecular flexibility index (Phi) is 4.96. The zero-order valence-electron chi connectivity index (χ0n) is 11.8. The summed E-state index contributed by atoms with van der Waals surface area (Å²) in [7, 11) is 0. The molecular formula is C16H20N2O2. The molecule has 0 aliphatic carbocycles. The smallest absolute Gasteiger partial charge is 0.241 e. The van der Waals surface area contributed by atoms with Crippen LogP contribution in [0.15, 0.2) is 53.1 Å². The Hall–Kier alpha value is -2.07. The van der Waals surface area contributed by atoms with Gasteiger partial charge in [-0.05, 0) is 38.1 Å². The van der Waals surface area contributed by atoms with E-state index in [2.05, 4.69) is 10.6 Å². The summed E-state index contributed by atoms with van der Waals surface area (Å²) in [6.45, 7) is 3.89. The number of amides is 1. The molecule has 1 aromatic heterocycles. The van der Waals surface area contributed by atoms with Gasteiger partial charge < -0.3 is 15.1 Å². The van der Waals surface area contributed by atoms with Crippen molar-refractivity contribution in [1.29, 1.82) is 0 Å². The van der Waals surface area contributed by atoms with Crippen LogP contribution < -0.4 is 10.6 Å². The van der Waals surface area contributed by atoms with Gasteiger partial charge in [-0.1, -0.05) is 18.2 Å². The molecule has 106 valence electrons. The van der Waals surface area contributed by atoms with Crippen LogP contribution in [0.5, 0.6) is 0 Å². The average molecular weight is 272 g/mol. The molecule has 0 aliphatic rings. The molecule has 2 atom stereocenters. The third-order valence-electron chi connectivity index (χ3n) is 3.06. The number of furan rings is 1. The summed E-state index contributed by atoms with van der Waals surface area (Å²) in [5.74, 6) is 0.878. The molecule has 0 bridgehead atoms. The lowest BCUT2D eigenvalue weighted by Gasteiger charge is -2.19. The largest absolute Gasteiger partial charge is 0.469 e.